The van der Waals surface area contributed by atoms with Crippen molar-refractivity contribution in [3.63, 3.8) is 0 Å². The Morgan fingerprint density at radius 2 is 2.06 bits per heavy atom. The number of aliphatic hydroxyl groups excluding tert-OH is 1. The molecule has 0 aliphatic carbocycles. The Labute approximate surface area is 105 Å². The zero-order chi connectivity index (χ0) is 13.0. The minimum Gasteiger partial charge on any atom is -0.485 e. The van der Waals surface area contributed by atoms with E-state index in [0.717, 1.165) is 12.0 Å². The fraction of sp³-hybridized carbons (Fsp3) is 0.385. The molecule has 1 atom stereocenters. The second-order valence-electron chi connectivity index (χ2n) is 3.99. The number of aromatic nitrogens is 2. The number of rotatable bonds is 5. The van der Waals surface area contributed by atoms with E-state index < -0.39 is 6.10 Å². The molecule has 2 aromatic rings. The standard InChI is InChI=1S/C13H16N2O3/c1-3-13-14-12(15-18-13)8-17-11-6-4-10(5-7-11)9(2)16/h4-7,9,16H,3,8H2,1-2H3/t9-/m1/s1. The number of aryl methyl sites for hydroxylation is 1. The zero-order valence-electron chi connectivity index (χ0n) is 10.5. The van der Waals surface area contributed by atoms with Crippen molar-refractivity contribution in [2.45, 2.75) is 33.0 Å². The van der Waals surface area contributed by atoms with E-state index in [9.17, 15) is 5.11 Å². The van der Waals surface area contributed by atoms with Gasteiger partial charge in [-0.25, -0.2) is 0 Å². The summed E-state index contributed by atoms with van der Waals surface area (Å²) in [6.07, 6.45) is 0.249. The molecule has 1 aromatic heterocycles. The van der Waals surface area contributed by atoms with Crippen LogP contribution in [0.5, 0.6) is 5.75 Å². The first-order valence-corrected chi connectivity index (χ1v) is 5.91. The van der Waals surface area contributed by atoms with Gasteiger partial charge < -0.3 is 14.4 Å². The maximum atomic E-state index is 9.38. The highest BCUT2D eigenvalue weighted by Crippen LogP contribution is 2.17. The van der Waals surface area contributed by atoms with Gasteiger partial charge in [-0.3, -0.25) is 0 Å². The van der Waals surface area contributed by atoms with Crippen LogP contribution in [0.15, 0.2) is 28.8 Å². The summed E-state index contributed by atoms with van der Waals surface area (Å²) < 4.78 is 10.5. The van der Waals surface area contributed by atoms with Crippen molar-refractivity contribution in [1.29, 1.82) is 0 Å². The molecular weight excluding hydrogens is 232 g/mol. The van der Waals surface area contributed by atoms with E-state index in [0.29, 0.717) is 17.5 Å². The van der Waals surface area contributed by atoms with Crippen LogP contribution < -0.4 is 4.74 Å². The van der Waals surface area contributed by atoms with E-state index >= 15 is 0 Å². The SMILES string of the molecule is CCc1nc(COc2ccc([C@@H](C)O)cc2)no1. The largest absolute Gasteiger partial charge is 0.485 e. The third-order valence-electron chi connectivity index (χ3n) is 2.54. The third-order valence-corrected chi connectivity index (χ3v) is 2.54. The van der Waals surface area contributed by atoms with Crippen LogP contribution in [-0.2, 0) is 13.0 Å². The van der Waals surface area contributed by atoms with Crippen LogP contribution in [0.1, 0.15) is 37.2 Å². The molecule has 1 N–H and O–H groups in total. The first kappa shape index (κ1) is 12.6. The van der Waals surface area contributed by atoms with Crippen molar-refractivity contribution in [3.05, 3.63) is 41.5 Å². The van der Waals surface area contributed by atoms with Gasteiger partial charge in [0.1, 0.15) is 5.75 Å². The molecule has 0 aliphatic rings. The van der Waals surface area contributed by atoms with Crippen molar-refractivity contribution in [3.8, 4) is 5.75 Å². The molecule has 5 nitrogen and oxygen atoms in total. The molecule has 0 fully saturated rings. The Kier molecular flexibility index (Phi) is 3.94. The van der Waals surface area contributed by atoms with Gasteiger partial charge >= 0.3 is 0 Å². The lowest BCUT2D eigenvalue weighted by atomic mass is 10.1. The van der Waals surface area contributed by atoms with Crippen LogP contribution in [0, 0.1) is 0 Å². The molecule has 0 saturated heterocycles. The molecule has 96 valence electrons. The Bertz CT molecular complexity index is 491. The molecule has 0 saturated carbocycles. The Balaban J connectivity index is 1.93. The lowest BCUT2D eigenvalue weighted by Gasteiger charge is -2.06. The van der Waals surface area contributed by atoms with Gasteiger partial charge in [0, 0.05) is 6.42 Å². The summed E-state index contributed by atoms with van der Waals surface area (Å²) in [5.74, 6) is 1.85. The summed E-state index contributed by atoms with van der Waals surface area (Å²) in [5.41, 5.74) is 0.857. The van der Waals surface area contributed by atoms with E-state index in [1.165, 1.54) is 0 Å². The first-order chi connectivity index (χ1) is 8.69. The number of hydrogen-bond donors (Lipinski definition) is 1. The molecular formula is C13H16N2O3. The van der Waals surface area contributed by atoms with Gasteiger partial charge in [-0.2, -0.15) is 4.98 Å². The van der Waals surface area contributed by atoms with Crippen LogP contribution in [0.25, 0.3) is 0 Å². The van der Waals surface area contributed by atoms with Gasteiger partial charge in [0.25, 0.3) is 0 Å². The molecule has 0 aliphatic heterocycles. The highest BCUT2D eigenvalue weighted by molar-refractivity contribution is 5.28. The Morgan fingerprint density at radius 1 is 1.33 bits per heavy atom. The summed E-state index contributed by atoms with van der Waals surface area (Å²) in [6.45, 7) is 3.95. The van der Waals surface area contributed by atoms with E-state index in [4.69, 9.17) is 9.26 Å². The molecule has 0 radical (unpaired) electrons. The molecule has 2 rings (SSSR count). The maximum absolute atomic E-state index is 9.38. The number of ether oxygens (including phenoxy) is 1. The van der Waals surface area contributed by atoms with Crippen LogP contribution in [0.3, 0.4) is 0 Å². The van der Waals surface area contributed by atoms with Crippen LogP contribution in [0.2, 0.25) is 0 Å². The average molecular weight is 248 g/mol. The summed E-state index contributed by atoms with van der Waals surface area (Å²) in [5, 5.41) is 13.2. The minimum absolute atomic E-state index is 0.275. The monoisotopic (exact) mass is 248 g/mol. The highest BCUT2D eigenvalue weighted by Gasteiger charge is 2.05. The first-order valence-electron chi connectivity index (χ1n) is 5.91. The van der Waals surface area contributed by atoms with Gasteiger partial charge in [0.05, 0.1) is 6.10 Å². The lowest BCUT2D eigenvalue weighted by molar-refractivity contribution is 0.199. The van der Waals surface area contributed by atoms with Crippen molar-refractivity contribution < 1.29 is 14.4 Å². The maximum Gasteiger partial charge on any atom is 0.226 e. The topological polar surface area (TPSA) is 68.4 Å². The molecule has 0 spiro atoms. The predicted octanol–water partition coefficient (Wildman–Crippen LogP) is 2.26. The smallest absolute Gasteiger partial charge is 0.226 e. The second kappa shape index (κ2) is 5.64. The van der Waals surface area contributed by atoms with Crippen molar-refractivity contribution in [2.75, 3.05) is 0 Å². The Morgan fingerprint density at radius 3 is 2.61 bits per heavy atom. The molecule has 0 amide bonds. The lowest BCUT2D eigenvalue weighted by Crippen LogP contribution is -1.98. The quantitative estimate of drug-likeness (QED) is 0.879. The number of nitrogens with zero attached hydrogens (tertiary/aromatic N) is 2. The predicted molar refractivity (Wildman–Crippen MR) is 65.1 cm³/mol. The third kappa shape index (κ3) is 3.07. The van der Waals surface area contributed by atoms with Gasteiger partial charge in [0.2, 0.25) is 11.7 Å². The van der Waals surface area contributed by atoms with Gasteiger partial charge in [-0.05, 0) is 24.6 Å². The van der Waals surface area contributed by atoms with E-state index in [2.05, 4.69) is 10.1 Å². The fourth-order valence-electron chi connectivity index (χ4n) is 1.48. The van der Waals surface area contributed by atoms with Crippen molar-refractivity contribution in [1.82, 2.24) is 10.1 Å². The van der Waals surface area contributed by atoms with Crippen molar-refractivity contribution in [2.24, 2.45) is 0 Å². The van der Waals surface area contributed by atoms with Crippen LogP contribution >= 0.6 is 0 Å². The Hall–Kier alpha value is -1.88. The summed E-state index contributed by atoms with van der Waals surface area (Å²) in [4.78, 5) is 4.15. The zero-order valence-corrected chi connectivity index (χ0v) is 10.5. The van der Waals surface area contributed by atoms with Gasteiger partial charge in [-0.15, -0.1) is 0 Å². The summed E-state index contributed by atoms with van der Waals surface area (Å²) in [6, 6.07) is 7.27. The molecule has 0 unspecified atom stereocenters. The number of benzene rings is 1. The average Bonchev–Trinajstić information content (AvgIpc) is 2.85. The normalized spacial score (nSPS) is 12.4. The number of hydrogen-bond acceptors (Lipinski definition) is 5. The molecule has 1 aromatic carbocycles. The van der Waals surface area contributed by atoms with Crippen LogP contribution in [-0.4, -0.2) is 15.2 Å². The van der Waals surface area contributed by atoms with Gasteiger partial charge in [-0.1, -0.05) is 24.2 Å². The van der Waals surface area contributed by atoms with E-state index in [1.807, 2.05) is 31.2 Å². The molecule has 1 heterocycles. The number of aliphatic hydroxyl groups is 1. The highest BCUT2D eigenvalue weighted by atomic mass is 16.5. The van der Waals surface area contributed by atoms with Crippen LogP contribution in [0.4, 0.5) is 0 Å². The fourth-order valence-corrected chi connectivity index (χ4v) is 1.48. The summed E-state index contributed by atoms with van der Waals surface area (Å²) >= 11 is 0. The van der Waals surface area contributed by atoms with E-state index in [-0.39, 0.29) is 6.61 Å². The molecule has 18 heavy (non-hydrogen) atoms. The second-order valence-corrected chi connectivity index (χ2v) is 3.99. The molecule has 0 bridgehead atoms. The van der Waals surface area contributed by atoms with Gasteiger partial charge in [0.15, 0.2) is 6.61 Å². The minimum atomic E-state index is -0.469. The van der Waals surface area contributed by atoms with Crippen molar-refractivity contribution >= 4 is 0 Å². The molecule has 5 heteroatoms. The summed E-state index contributed by atoms with van der Waals surface area (Å²) in [7, 11) is 0. The van der Waals surface area contributed by atoms with E-state index in [1.54, 1.807) is 6.92 Å².